The first-order valence-electron chi connectivity index (χ1n) is 12.9. The molecule has 9 heteroatoms. The van der Waals surface area contributed by atoms with Crippen LogP contribution >= 0.6 is 0 Å². The van der Waals surface area contributed by atoms with Gasteiger partial charge in [-0.3, -0.25) is 15.1 Å². The number of benzene rings is 1. The molecule has 0 aliphatic heterocycles. The minimum Gasteiger partial charge on any atom is -0.384 e. The largest absolute Gasteiger partial charge is 0.384 e. The summed E-state index contributed by atoms with van der Waals surface area (Å²) in [5.41, 5.74) is 6.98. The van der Waals surface area contributed by atoms with E-state index < -0.39 is 0 Å². The number of hydrogen-bond donors (Lipinski definition) is 3. The van der Waals surface area contributed by atoms with Crippen LogP contribution < -0.4 is 5.32 Å². The molecule has 38 heavy (non-hydrogen) atoms. The van der Waals surface area contributed by atoms with E-state index in [1.807, 2.05) is 30.6 Å². The number of H-pyrrole nitrogens is 2. The molecule has 8 nitrogen and oxygen atoms in total. The summed E-state index contributed by atoms with van der Waals surface area (Å²) < 4.78 is 13.9. The lowest BCUT2D eigenvalue weighted by atomic mass is 10.1. The molecule has 1 fully saturated rings. The average molecular weight is 505 g/mol. The van der Waals surface area contributed by atoms with Gasteiger partial charge in [0, 0.05) is 41.6 Å². The van der Waals surface area contributed by atoms with Crippen LogP contribution in [0.25, 0.3) is 56.0 Å². The van der Waals surface area contributed by atoms with Gasteiger partial charge in [-0.15, -0.1) is 0 Å². The van der Waals surface area contributed by atoms with Gasteiger partial charge in [-0.2, -0.15) is 5.10 Å². The number of fused-ring (bicyclic) bond motifs is 2. The van der Waals surface area contributed by atoms with Crippen LogP contribution in [-0.4, -0.2) is 41.7 Å². The summed E-state index contributed by atoms with van der Waals surface area (Å²) in [6.07, 6.45) is 12.4. The first-order chi connectivity index (χ1) is 18.7. The number of anilines is 1. The Morgan fingerprint density at radius 2 is 1.89 bits per heavy atom. The predicted octanol–water partition coefficient (Wildman–Crippen LogP) is 6.37. The van der Waals surface area contributed by atoms with Crippen molar-refractivity contribution in [1.29, 1.82) is 0 Å². The Hall–Kier alpha value is -4.66. The van der Waals surface area contributed by atoms with Gasteiger partial charge in [0.25, 0.3) is 0 Å². The molecule has 188 valence electrons. The zero-order valence-corrected chi connectivity index (χ0v) is 20.6. The van der Waals surface area contributed by atoms with Gasteiger partial charge in [-0.05, 0) is 54.7 Å². The minimum absolute atomic E-state index is 0.297. The Kier molecular flexibility index (Phi) is 5.53. The number of hydrogen-bond acceptors (Lipinski definition) is 6. The molecule has 1 saturated carbocycles. The first kappa shape index (κ1) is 22.5. The summed E-state index contributed by atoms with van der Waals surface area (Å²) in [4.78, 5) is 21.7. The number of rotatable bonds is 6. The molecule has 7 rings (SSSR count). The third-order valence-corrected chi connectivity index (χ3v) is 7.30. The molecule has 0 spiro atoms. The van der Waals surface area contributed by atoms with E-state index in [-0.39, 0.29) is 5.82 Å². The molecule has 0 amide bonds. The van der Waals surface area contributed by atoms with Crippen LogP contribution in [0.15, 0.2) is 67.3 Å². The number of nitrogens with zero attached hydrogens (tertiary/aromatic N) is 5. The molecule has 1 aliphatic rings. The van der Waals surface area contributed by atoms with Crippen molar-refractivity contribution in [2.24, 2.45) is 5.92 Å². The van der Waals surface area contributed by atoms with Crippen LogP contribution in [0.1, 0.15) is 25.7 Å². The molecule has 1 aromatic carbocycles. The van der Waals surface area contributed by atoms with Gasteiger partial charge in [0.1, 0.15) is 17.0 Å². The maximum Gasteiger partial charge on any atom is 0.160 e. The molecule has 1 aliphatic carbocycles. The molecule has 6 aromatic rings. The molecule has 0 unspecified atom stereocenters. The van der Waals surface area contributed by atoms with Crippen molar-refractivity contribution in [1.82, 2.24) is 35.1 Å². The van der Waals surface area contributed by atoms with Crippen LogP contribution in [-0.2, 0) is 0 Å². The Bertz CT molecular complexity index is 1770. The van der Waals surface area contributed by atoms with Crippen molar-refractivity contribution >= 4 is 27.8 Å². The monoisotopic (exact) mass is 504 g/mol. The van der Waals surface area contributed by atoms with E-state index in [9.17, 15) is 4.39 Å². The Labute approximate surface area is 217 Å². The molecular formula is C29H25FN8. The minimum atomic E-state index is -0.297. The lowest BCUT2D eigenvalue weighted by Crippen LogP contribution is -2.11. The third-order valence-electron chi connectivity index (χ3n) is 7.30. The lowest BCUT2D eigenvalue weighted by Gasteiger charge is -2.12. The molecule has 0 radical (unpaired) electrons. The molecule has 0 saturated heterocycles. The van der Waals surface area contributed by atoms with E-state index in [0.717, 1.165) is 51.4 Å². The standard InChI is InChI=1S/C29H25FN8/c30-20-7-3-6-18(10-20)22-8-9-32-28-26(22)35-29(36-28)27-23-12-24(34-16-25(23)37-38-27)19-11-21(15-31-14-19)33-13-17-4-1-2-5-17/h3,6-12,14-17,33H,1-2,4-5,13H2,(H,37,38)(H,32,35,36). The molecular weight excluding hydrogens is 479 g/mol. The number of aromatic amines is 2. The summed E-state index contributed by atoms with van der Waals surface area (Å²) in [5, 5.41) is 12.0. The van der Waals surface area contributed by atoms with E-state index in [1.54, 1.807) is 18.5 Å². The number of nitrogens with one attached hydrogen (secondary N) is 3. The molecule has 0 atom stereocenters. The van der Waals surface area contributed by atoms with Gasteiger partial charge in [0.15, 0.2) is 11.5 Å². The maximum atomic E-state index is 13.9. The highest BCUT2D eigenvalue weighted by Crippen LogP contribution is 2.32. The van der Waals surface area contributed by atoms with Crippen LogP contribution in [0, 0.1) is 11.7 Å². The van der Waals surface area contributed by atoms with Gasteiger partial charge in [-0.25, -0.2) is 14.4 Å². The van der Waals surface area contributed by atoms with Crippen LogP contribution in [0.3, 0.4) is 0 Å². The fourth-order valence-corrected chi connectivity index (χ4v) is 5.32. The van der Waals surface area contributed by atoms with Crippen LogP contribution in [0.5, 0.6) is 0 Å². The van der Waals surface area contributed by atoms with Crippen molar-refractivity contribution in [3.63, 3.8) is 0 Å². The average Bonchev–Trinajstić information content (AvgIpc) is 3.71. The van der Waals surface area contributed by atoms with Crippen molar-refractivity contribution < 1.29 is 4.39 Å². The fourth-order valence-electron chi connectivity index (χ4n) is 5.32. The quantitative estimate of drug-likeness (QED) is 0.243. The second-order valence-corrected chi connectivity index (χ2v) is 9.83. The van der Waals surface area contributed by atoms with Crippen molar-refractivity contribution in [3.05, 3.63) is 73.1 Å². The predicted molar refractivity (Wildman–Crippen MR) is 146 cm³/mol. The van der Waals surface area contributed by atoms with E-state index in [0.29, 0.717) is 22.7 Å². The van der Waals surface area contributed by atoms with E-state index in [1.165, 1.54) is 37.8 Å². The number of halogens is 1. The summed E-state index contributed by atoms with van der Waals surface area (Å²) in [5.74, 6) is 1.01. The van der Waals surface area contributed by atoms with Crippen molar-refractivity contribution in [2.75, 3.05) is 11.9 Å². The highest BCUT2D eigenvalue weighted by atomic mass is 19.1. The summed E-state index contributed by atoms with van der Waals surface area (Å²) in [7, 11) is 0. The molecule has 3 N–H and O–H groups in total. The molecule has 5 aromatic heterocycles. The summed E-state index contributed by atoms with van der Waals surface area (Å²) >= 11 is 0. The second kappa shape index (κ2) is 9.33. The Morgan fingerprint density at radius 1 is 0.974 bits per heavy atom. The first-order valence-corrected chi connectivity index (χ1v) is 12.9. The number of imidazole rings is 1. The second-order valence-electron chi connectivity index (χ2n) is 9.83. The molecule has 0 bridgehead atoms. The fraction of sp³-hybridized carbons (Fsp3) is 0.207. The van der Waals surface area contributed by atoms with E-state index in [2.05, 4.69) is 41.5 Å². The zero-order valence-electron chi connectivity index (χ0n) is 20.6. The van der Waals surface area contributed by atoms with Gasteiger partial charge in [0.05, 0.1) is 23.1 Å². The topological polar surface area (TPSA) is 108 Å². The smallest absolute Gasteiger partial charge is 0.160 e. The molecule has 5 heterocycles. The van der Waals surface area contributed by atoms with Crippen LogP contribution in [0.4, 0.5) is 10.1 Å². The highest BCUT2D eigenvalue weighted by Gasteiger charge is 2.18. The number of pyridine rings is 3. The zero-order chi connectivity index (χ0) is 25.5. The summed E-state index contributed by atoms with van der Waals surface area (Å²) in [6, 6.07) is 12.4. The van der Waals surface area contributed by atoms with Gasteiger partial charge in [0.2, 0.25) is 0 Å². The SMILES string of the molecule is Fc1cccc(-c2ccnc3[nH]c(-c4n[nH]c5cnc(-c6cncc(NCC7CCCC7)c6)cc45)nc23)c1. The maximum absolute atomic E-state index is 13.9. The van der Waals surface area contributed by atoms with Gasteiger partial charge in [-0.1, -0.05) is 25.0 Å². The van der Waals surface area contributed by atoms with Crippen LogP contribution in [0.2, 0.25) is 0 Å². The Balaban J connectivity index is 1.24. The van der Waals surface area contributed by atoms with E-state index >= 15 is 0 Å². The number of aromatic nitrogens is 7. The Morgan fingerprint density at radius 3 is 2.79 bits per heavy atom. The van der Waals surface area contributed by atoms with Gasteiger partial charge >= 0.3 is 0 Å². The van der Waals surface area contributed by atoms with Gasteiger partial charge < -0.3 is 10.3 Å². The van der Waals surface area contributed by atoms with Crippen molar-refractivity contribution in [3.8, 4) is 33.9 Å². The normalized spacial score (nSPS) is 14.0. The van der Waals surface area contributed by atoms with E-state index in [4.69, 9.17) is 4.98 Å². The van der Waals surface area contributed by atoms with Crippen molar-refractivity contribution in [2.45, 2.75) is 25.7 Å². The third kappa shape index (κ3) is 4.15. The lowest BCUT2D eigenvalue weighted by molar-refractivity contribution is 0.580. The summed E-state index contributed by atoms with van der Waals surface area (Å²) in [6.45, 7) is 0.973. The highest BCUT2D eigenvalue weighted by molar-refractivity contribution is 5.96.